The van der Waals surface area contributed by atoms with Crippen molar-refractivity contribution in [3.8, 4) is 0 Å². The van der Waals surface area contributed by atoms with Crippen LogP contribution in [-0.4, -0.2) is 75.6 Å². The molecule has 0 aromatic carbocycles. The summed E-state index contributed by atoms with van der Waals surface area (Å²) in [6, 6.07) is 0. The van der Waals surface area contributed by atoms with Crippen molar-refractivity contribution in [3.63, 3.8) is 0 Å². The average Bonchev–Trinajstić information content (AvgIpc) is 3.16. The summed E-state index contributed by atoms with van der Waals surface area (Å²) < 4.78 is 35.0. The zero-order valence-electron chi connectivity index (χ0n) is 37.3. The molecule has 0 aliphatic rings. The van der Waals surface area contributed by atoms with E-state index in [4.69, 9.17) is 18.5 Å². The van der Waals surface area contributed by atoms with E-state index < -0.39 is 13.9 Å². The average molecular weight is 821 g/mol. The van der Waals surface area contributed by atoms with Crippen molar-refractivity contribution in [2.45, 2.75) is 174 Å². The number of nitrogens with zero attached hydrogens (tertiary/aromatic N) is 1. The molecule has 2 unspecified atom stereocenters. The first-order valence-electron chi connectivity index (χ1n) is 22.7. The van der Waals surface area contributed by atoms with E-state index in [-0.39, 0.29) is 32.2 Å². The van der Waals surface area contributed by atoms with Crippen LogP contribution in [-0.2, 0) is 27.9 Å². The van der Waals surface area contributed by atoms with Crippen molar-refractivity contribution < 1.29 is 37.3 Å². The fourth-order valence-corrected chi connectivity index (χ4v) is 6.50. The number of phosphoric ester groups is 1. The van der Waals surface area contributed by atoms with Crippen molar-refractivity contribution in [1.82, 2.24) is 0 Å². The number of likely N-dealkylation sites (N-methyl/N-ethyl adjacent to an activating group) is 1. The third-order valence-electron chi connectivity index (χ3n) is 9.25. The lowest BCUT2D eigenvalue weighted by molar-refractivity contribution is -0.870. The van der Waals surface area contributed by atoms with Gasteiger partial charge in [-0.15, -0.1) is 0 Å². The van der Waals surface area contributed by atoms with E-state index in [1.165, 1.54) is 89.9 Å². The number of ether oxygens (including phenoxy) is 2. The quantitative estimate of drug-likeness (QED) is 0.0216. The van der Waals surface area contributed by atoms with Gasteiger partial charge in [0.05, 0.1) is 34.4 Å². The van der Waals surface area contributed by atoms with Gasteiger partial charge in [0.1, 0.15) is 19.3 Å². The molecule has 0 aromatic heterocycles. The third kappa shape index (κ3) is 44.9. The van der Waals surface area contributed by atoms with Gasteiger partial charge in [-0.25, -0.2) is 4.57 Å². The number of carbonyl (C=O) groups excluding carboxylic acids is 1. The standard InChI is InChI=1S/C48H86NO7P/c1-6-8-10-12-14-16-18-20-22-24-26-28-30-32-34-36-38-40-43-53-45-47(46-55-57(51,52)54-44-42-49(3,4)5)56-48(50)41-39-37-35-33-31-29-27-25-23-21-19-17-15-13-11-9-7-2/h9,11,15,17,20-23,27,29,33,35,47H,6-8,10,12-14,16,18-19,24-26,28,30-32,34,36-46H2,1-5H3/p+1/b11-9-,17-15-,22-20-,23-21-,29-27-,35-33-. The molecule has 0 spiro atoms. The smallest absolute Gasteiger partial charge is 0.457 e. The number of quaternary nitrogens is 1. The summed E-state index contributed by atoms with van der Waals surface area (Å²) >= 11 is 0. The van der Waals surface area contributed by atoms with Crippen LogP contribution >= 0.6 is 7.82 Å². The lowest BCUT2D eigenvalue weighted by Crippen LogP contribution is -2.37. The number of esters is 1. The molecule has 9 heteroatoms. The summed E-state index contributed by atoms with van der Waals surface area (Å²) in [6.07, 6.45) is 52.3. The molecule has 330 valence electrons. The molecule has 0 rings (SSSR count). The first kappa shape index (κ1) is 54.9. The monoisotopic (exact) mass is 821 g/mol. The van der Waals surface area contributed by atoms with Crippen LogP contribution in [0.25, 0.3) is 0 Å². The Hall–Kier alpha value is -2.06. The van der Waals surface area contributed by atoms with Gasteiger partial charge < -0.3 is 18.9 Å². The van der Waals surface area contributed by atoms with Crippen molar-refractivity contribution in [2.24, 2.45) is 0 Å². The first-order chi connectivity index (χ1) is 27.6. The van der Waals surface area contributed by atoms with Gasteiger partial charge in [-0.3, -0.25) is 13.8 Å². The molecule has 8 nitrogen and oxygen atoms in total. The Bertz CT molecular complexity index is 1140. The van der Waals surface area contributed by atoms with Crippen molar-refractivity contribution >= 4 is 13.8 Å². The van der Waals surface area contributed by atoms with Crippen LogP contribution in [0.3, 0.4) is 0 Å². The van der Waals surface area contributed by atoms with Crippen LogP contribution in [0.5, 0.6) is 0 Å². The molecule has 2 atom stereocenters. The summed E-state index contributed by atoms with van der Waals surface area (Å²) in [7, 11) is 1.62. The molecule has 0 saturated heterocycles. The summed E-state index contributed by atoms with van der Waals surface area (Å²) in [5.74, 6) is -0.373. The highest BCUT2D eigenvalue weighted by Gasteiger charge is 2.26. The molecular weight excluding hydrogens is 734 g/mol. The zero-order chi connectivity index (χ0) is 42.0. The summed E-state index contributed by atoms with van der Waals surface area (Å²) in [4.78, 5) is 22.9. The topological polar surface area (TPSA) is 91.3 Å². The Morgan fingerprint density at radius 2 is 1.02 bits per heavy atom. The minimum Gasteiger partial charge on any atom is -0.457 e. The van der Waals surface area contributed by atoms with Crippen LogP contribution in [0.4, 0.5) is 0 Å². The molecule has 0 aliphatic carbocycles. The number of rotatable bonds is 41. The Morgan fingerprint density at radius 3 is 1.54 bits per heavy atom. The molecular formula is C48H87NO7P+. The lowest BCUT2D eigenvalue weighted by atomic mass is 10.1. The van der Waals surface area contributed by atoms with Gasteiger partial charge >= 0.3 is 13.8 Å². The van der Waals surface area contributed by atoms with Gasteiger partial charge in [0.2, 0.25) is 0 Å². The number of allylic oxidation sites excluding steroid dienone is 12. The van der Waals surface area contributed by atoms with Crippen LogP contribution in [0.15, 0.2) is 72.9 Å². The van der Waals surface area contributed by atoms with Gasteiger partial charge in [0, 0.05) is 13.0 Å². The van der Waals surface area contributed by atoms with E-state index in [9.17, 15) is 14.3 Å². The van der Waals surface area contributed by atoms with E-state index in [0.717, 1.165) is 51.4 Å². The molecule has 0 aliphatic heterocycles. The molecule has 0 bridgehead atoms. The highest BCUT2D eigenvalue weighted by molar-refractivity contribution is 7.47. The van der Waals surface area contributed by atoms with Crippen LogP contribution in [0.2, 0.25) is 0 Å². The number of unbranched alkanes of at least 4 members (excludes halogenated alkanes) is 15. The van der Waals surface area contributed by atoms with Gasteiger partial charge in [-0.05, 0) is 77.0 Å². The van der Waals surface area contributed by atoms with E-state index in [1.54, 1.807) is 0 Å². The minimum atomic E-state index is -4.30. The Labute approximate surface area is 351 Å². The SMILES string of the molecule is CC/C=C\C/C=C\C/C=C\C/C=C\C/C=C\CCCC(=O)OC(COCCCCCCCCCC/C=C\CCCCCCCC)COP(=O)(O)OCC[N+](C)(C)C. The molecule has 0 amide bonds. The fraction of sp³-hybridized carbons (Fsp3) is 0.729. The molecule has 0 fully saturated rings. The highest BCUT2D eigenvalue weighted by atomic mass is 31.2. The van der Waals surface area contributed by atoms with E-state index in [0.29, 0.717) is 24.1 Å². The minimum absolute atomic E-state index is 0.0741. The number of hydrogen-bond acceptors (Lipinski definition) is 6. The van der Waals surface area contributed by atoms with Gasteiger partial charge in [0.25, 0.3) is 0 Å². The number of carbonyl (C=O) groups is 1. The molecule has 1 N–H and O–H groups in total. The van der Waals surface area contributed by atoms with Crippen LogP contribution in [0, 0.1) is 0 Å². The second-order valence-corrected chi connectivity index (χ2v) is 17.5. The molecule has 57 heavy (non-hydrogen) atoms. The first-order valence-corrected chi connectivity index (χ1v) is 24.2. The Balaban J connectivity index is 4.33. The van der Waals surface area contributed by atoms with Crippen molar-refractivity contribution in [3.05, 3.63) is 72.9 Å². The molecule has 0 saturated carbocycles. The summed E-state index contributed by atoms with van der Waals surface area (Å²) in [6.45, 7) is 5.41. The number of hydrogen-bond donors (Lipinski definition) is 1. The third-order valence-corrected chi connectivity index (χ3v) is 10.2. The van der Waals surface area contributed by atoms with Gasteiger partial charge in [0.15, 0.2) is 0 Å². The fourth-order valence-electron chi connectivity index (χ4n) is 5.76. The lowest BCUT2D eigenvalue weighted by Gasteiger charge is -2.24. The van der Waals surface area contributed by atoms with Crippen molar-refractivity contribution in [1.29, 1.82) is 0 Å². The summed E-state index contributed by atoms with van der Waals surface area (Å²) in [5, 5.41) is 0. The maximum absolute atomic E-state index is 12.7. The Kier molecular flexibility index (Phi) is 39.2. The molecule has 0 radical (unpaired) electrons. The van der Waals surface area contributed by atoms with E-state index in [2.05, 4.69) is 86.8 Å². The van der Waals surface area contributed by atoms with Crippen LogP contribution < -0.4 is 0 Å². The normalized spacial score (nSPS) is 14.4. The summed E-state index contributed by atoms with van der Waals surface area (Å²) in [5.41, 5.74) is 0. The second-order valence-electron chi connectivity index (χ2n) is 16.0. The second kappa shape index (κ2) is 40.7. The predicted octanol–water partition coefficient (Wildman–Crippen LogP) is 13.5. The Morgan fingerprint density at radius 1 is 0.561 bits per heavy atom. The molecule has 0 heterocycles. The van der Waals surface area contributed by atoms with Gasteiger partial charge in [-0.1, -0.05) is 157 Å². The van der Waals surface area contributed by atoms with Gasteiger partial charge in [-0.2, -0.15) is 0 Å². The van der Waals surface area contributed by atoms with Crippen molar-refractivity contribution in [2.75, 3.05) is 54.1 Å². The van der Waals surface area contributed by atoms with Crippen LogP contribution in [0.1, 0.15) is 168 Å². The highest BCUT2D eigenvalue weighted by Crippen LogP contribution is 2.43. The van der Waals surface area contributed by atoms with E-state index in [1.807, 2.05) is 21.1 Å². The predicted molar refractivity (Wildman–Crippen MR) is 242 cm³/mol. The largest absolute Gasteiger partial charge is 0.472 e. The number of phosphoric acid groups is 1. The van der Waals surface area contributed by atoms with E-state index >= 15 is 0 Å². The maximum Gasteiger partial charge on any atom is 0.472 e. The maximum atomic E-state index is 12.7. The zero-order valence-corrected chi connectivity index (χ0v) is 38.2. The molecule has 0 aromatic rings.